The fourth-order valence-electron chi connectivity index (χ4n) is 0.662. The third-order valence-corrected chi connectivity index (χ3v) is 1.48. The van der Waals surface area contributed by atoms with Crippen molar-refractivity contribution in [3.63, 3.8) is 0 Å². The lowest BCUT2D eigenvalue weighted by atomic mass is 10.4. The molecule has 0 aliphatic rings. The molecule has 4 heteroatoms. The van der Waals surface area contributed by atoms with Gasteiger partial charge in [0.2, 0.25) is 5.91 Å². The molecule has 1 heterocycles. The van der Waals surface area contributed by atoms with Crippen LogP contribution in [0.25, 0.3) is 0 Å². The van der Waals surface area contributed by atoms with Crippen molar-refractivity contribution in [3.8, 4) is 0 Å². The van der Waals surface area contributed by atoms with E-state index in [1.54, 1.807) is 31.3 Å². The van der Waals surface area contributed by atoms with E-state index >= 15 is 0 Å². The van der Waals surface area contributed by atoms with Crippen LogP contribution in [-0.2, 0) is 4.79 Å². The molecular weight excluding hydrogens is 176 g/mol. The van der Waals surface area contributed by atoms with Gasteiger partial charge in [0.25, 0.3) is 0 Å². The zero-order valence-corrected chi connectivity index (χ0v) is 7.38. The number of anilines is 1. The van der Waals surface area contributed by atoms with E-state index in [1.807, 2.05) is 0 Å². The summed E-state index contributed by atoms with van der Waals surface area (Å²) in [5, 5.41) is 2.02. The monoisotopic (exact) mass is 184 g/mol. The van der Waals surface area contributed by atoms with Gasteiger partial charge in [0.15, 0.2) is 0 Å². The van der Waals surface area contributed by atoms with Crippen LogP contribution in [0.15, 0.2) is 24.4 Å². The van der Waals surface area contributed by atoms with Crippen molar-refractivity contribution in [3.05, 3.63) is 24.4 Å². The third kappa shape index (κ3) is 2.51. The Morgan fingerprint density at radius 2 is 2.42 bits per heavy atom. The molecule has 1 N–H and O–H groups in total. The largest absolute Gasteiger partial charge is 0.309 e. The normalized spacial score (nSPS) is 12.2. The highest BCUT2D eigenvalue weighted by Crippen LogP contribution is 2.02. The number of hydrogen-bond donors (Lipinski definition) is 1. The number of pyridine rings is 1. The summed E-state index contributed by atoms with van der Waals surface area (Å²) in [6.07, 6.45) is 1.61. The maximum absolute atomic E-state index is 11.0. The number of amides is 1. The van der Waals surface area contributed by atoms with E-state index in [1.165, 1.54) is 0 Å². The predicted molar refractivity (Wildman–Crippen MR) is 48.2 cm³/mol. The summed E-state index contributed by atoms with van der Waals surface area (Å²) < 4.78 is 0. The van der Waals surface area contributed by atoms with E-state index in [-0.39, 0.29) is 5.91 Å². The van der Waals surface area contributed by atoms with Gasteiger partial charge in [0, 0.05) is 6.20 Å². The van der Waals surface area contributed by atoms with Crippen LogP contribution in [0.3, 0.4) is 0 Å². The topological polar surface area (TPSA) is 42.0 Å². The van der Waals surface area contributed by atoms with Gasteiger partial charge in [-0.1, -0.05) is 6.07 Å². The maximum atomic E-state index is 11.0. The minimum atomic E-state index is -0.535. The number of carbonyl (C=O) groups excluding carboxylic acids is 1. The Bertz CT molecular complexity index is 261. The van der Waals surface area contributed by atoms with Crippen LogP contribution in [0.1, 0.15) is 6.92 Å². The third-order valence-electron chi connectivity index (χ3n) is 1.28. The van der Waals surface area contributed by atoms with Gasteiger partial charge in [-0.25, -0.2) is 4.98 Å². The molecular formula is C8H9ClN2O. The minimum Gasteiger partial charge on any atom is -0.309 e. The fourth-order valence-corrected chi connectivity index (χ4v) is 0.717. The van der Waals surface area contributed by atoms with Crippen LogP contribution in [-0.4, -0.2) is 16.3 Å². The number of halogens is 1. The van der Waals surface area contributed by atoms with Gasteiger partial charge in [0.1, 0.15) is 11.2 Å². The first kappa shape index (κ1) is 9.00. The molecule has 1 aromatic rings. The van der Waals surface area contributed by atoms with Crippen molar-refractivity contribution in [2.75, 3.05) is 5.32 Å². The number of hydrogen-bond acceptors (Lipinski definition) is 2. The van der Waals surface area contributed by atoms with E-state index in [2.05, 4.69) is 10.3 Å². The standard InChI is InChI=1S/C8H9ClN2O/c1-6(9)8(12)11-7-4-2-3-5-10-7/h2-6H,1H3,(H,10,11,12). The Kier molecular flexibility index (Phi) is 3.05. The smallest absolute Gasteiger partial charge is 0.243 e. The fraction of sp³-hybridized carbons (Fsp3) is 0.250. The number of nitrogens with one attached hydrogen (secondary N) is 1. The molecule has 1 unspecified atom stereocenters. The van der Waals surface area contributed by atoms with Gasteiger partial charge in [-0.2, -0.15) is 0 Å². The zero-order chi connectivity index (χ0) is 8.97. The first-order valence-electron chi connectivity index (χ1n) is 3.56. The molecule has 0 aromatic carbocycles. The molecule has 3 nitrogen and oxygen atoms in total. The summed E-state index contributed by atoms with van der Waals surface area (Å²) in [6.45, 7) is 1.61. The number of rotatable bonds is 2. The molecule has 1 aromatic heterocycles. The highest BCUT2D eigenvalue weighted by atomic mass is 35.5. The SMILES string of the molecule is CC(Cl)C(=O)Nc1ccccn1. The van der Waals surface area contributed by atoms with E-state index in [0.717, 1.165) is 0 Å². The van der Waals surface area contributed by atoms with Gasteiger partial charge in [-0.05, 0) is 19.1 Å². The van der Waals surface area contributed by atoms with E-state index < -0.39 is 5.38 Å². The van der Waals surface area contributed by atoms with Crippen molar-refractivity contribution in [1.82, 2.24) is 4.98 Å². The number of carbonyl (C=O) groups is 1. The predicted octanol–water partition coefficient (Wildman–Crippen LogP) is 1.65. The second-order valence-electron chi connectivity index (χ2n) is 2.32. The lowest BCUT2D eigenvalue weighted by Gasteiger charge is -2.03. The van der Waals surface area contributed by atoms with Crippen molar-refractivity contribution in [1.29, 1.82) is 0 Å². The van der Waals surface area contributed by atoms with Crippen molar-refractivity contribution in [2.45, 2.75) is 12.3 Å². The molecule has 12 heavy (non-hydrogen) atoms. The van der Waals surface area contributed by atoms with Crippen LogP contribution in [0.2, 0.25) is 0 Å². The molecule has 0 aliphatic carbocycles. The van der Waals surface area contributed by atoms with Crippen molar-refractivity contribution >= 4 is 23.3 Å². The molecule has 1 amide bonds. The molecule has 0 saturated heterocycles. The second-order valence-corrected chi connectivity index (χ2v) is 2.97. The second kappa shape index (κ2) is 4.07. The van der Waals surface area contributed by atoms with Gasteiger partial charge >= 0.3 is 0 Å². The molecule has 0 fully saturated rings. The average Bonchev–Trinajstić information content (AvgIpc) is 2.06. The van der Waals surface area contributed by atoms with E-state index in [4.69, 9.17) is 11.6 Å². The summed E-state index contributed by atoms with van der Waals surface area (Å²) in [4.78, 5) is 14.9. The average molecular weight is 185 g/mol. The van der Waals surface area contributed by atoms with E-state index in [0.29, 0.717) is 5.82 Å². The highest BCUT2D eigenvalue weighted by Gasteiger charge is 2.08. The molecule has 1 atom stereocenters. The highest BCUT2D eigenvalue weighted by molar-refractivity contribution is 6.32. The molecule has 0 radical (unpaired) electrons. The minimum absolute atomic E-state index is 0.240. The summed E-state index contributed by atoms with van der Waals surface area (Å²) >= 11 is 5.54. The summed E-state index contributed by atoms with van der Waals surface area (Å²) in [5.74, 6) is 0.283. The zero-order valence-electron chi connectivity index (χ0n) is 6.62. The van der Waals surface area contributed by atoms with Gasteiger partial charge in [-0.15, -0.1) is 11.6 Å². The quantitative estimate of drug-likeness (QED) is 0.711. The first-order chi connectivity index (χ1) is 5.70. The van der Waals surface area contributed by atoms with Gasteiger partial charge < -0.3 is 5.32 Å². The lowest BCUT2D eigenvalue weighted by Crippen LogP contribution is -2.20. The Balaban J connectivity index is 2.59. The van der Waals surface area contributed by atoms with Gasteiger partial charge in [-0.3, -0.25) is 4.79 Å². The molecule has 0 aliphatic heterocycles. The molecule has 64 valence electrons. The maximum Gasteiger partial charge on any atom is 0.243 e. The molecule has 0 bridgehead atoms. The molecule has 0 spiro atoms. The van der Waals surface area contributed by atoms with Crippen LogP contribution < -0.4 is 5.32 Å². The number of alkyl halides is 1. The Hall–Kier alpha value is -1.09. The summed E-state index contributed by atoms with van der Waals surface area (Å²) in [6, 6.07) is 5.28. The van der Waals surface area contributed by atoms with Crippen LogP contribution in [0.5, 0.6) is 0 Å². The Morgan fingerprint density at radius 1 is 1.67 bits per heavy atom. The number of aromatic nitrogens is 1. The van der Waals surface area contributed by atoms with Crippen LogP contribution in [0.4, 0.5) is 5.82 Å². The van der Waals surface area contributed by atoms with Crippen LogP contribution in [0, 0.1) is 0 Å². The van der Waals surface area contributed by atoms with Crippen molar-refractivity contribution < 1.29 is 4.79 Å². The van der Waals surface area contributed by atoms with Crippen molar-refractivity contribution in [2.24, 2.45) is 0 Å². The number of nitrogens with zero attached hydrogens (tertiary/aromatic N) is 1. The molecule has 1 rings (SSSR count). The Labute approximate surface area is 75.8 Å². The van der Waals surface area contributed by atoms with Gasteiger partial charge in [0.05, 0.1) is 0 Å². The van der Waals surface area contributed by atoms with Crippen LogP contribution >= 0.6 is 11.6 Å². The van der Waals surface area contributed by atoms with E-state index in [9.17, 15) is 4.79 Å². The Morgan fingerprint density at radius 3 is 2.92 bits per heavy atom. The summed E-state index contributed by atoms with van der Waals surface area (Å²) in [7, 11) is 0. The molecule has 0 saturated carbocycles. The lowest BCUT2D eigenvalue weighted by molar-refractivity contribution is -0.115. The summed E-state index contributed by atoms with van der Waals surface area (Å²) in [5.41, 5.74) is 0. The first-order valence-corrected chi connectivity index (χ1v) is 4.00.